The average molecular weight is 449 g/mol. The third-order valence-electron chi connectivity index (χ3n) is 4.83. The van der Waals surface area contributed by atoms with Gasteiger partial charge in [0.15, 0.2) is 0 Å². The van der Waals surface area contributed by atoms with E-state index in [2.05, 4.69) is 10.6 Å². The molecule has 0 aliphatic heterocycles. The number of methoxy groups -OCH3 is 1. The number of rotatable bonds is 10. The largest absolute Gasteiger partial charge is 0.497 e. The molecule has 0 aromatic heterocycles. The van der Waals surface area contributed by atoms with Gasteiger partial charge in [0.1, 0.15) is 17.6 Å². The van der Waals surface area contributed by atoms with Crippen LogP contribution in [0.2, 0.25) is 0 Å². The van der Waals surface area contributed by atoms with Crippen LogP contribution in [0.1, 0.15) is 35.4 Å². The predicted octanol–water partition coefficient (Wildman–Crippen LogP) is 5.20. The van der Waals surface area contributed by atoms with Gasteiger partial charge in [-0.3, -0.25) is 0 Å². The summed E-state index contributed by atoms with van der Waals surface area (Å²) in [6.07, 6.45) is 0.270. The van der Waals surface area contributed by atoms with E-state index in [0.29, 0.717) is 42.3 Å². The van der Waals surface area contributed by atoms with Gasteiger partial charge in [0, 0.05) is 24.7 Å². The van der Waals surface area contributed by atoms with E-state index in [1.807, 2.05) is 36.4 Å². The minimum absolute atomic E-state index is 0.281. The number of urea groups is 1. The van der Waals surface area contributed by atoms with E-state index >= 15 is 0 Å². The fourth-order valence-corrected chi connectivity index (χ4v) is 3.20. The van der Waals surface area contributed by atoms with Crippen molar-refractivity contribution in [1.82, 2.24) is 5.32 Å². The fourth-order valence-electron chi connectivity index (χ4n) is 3.20. The highest BCUT2D eigenvalue weighted by Crippen LogP contribution is 2.25. The van der Waals surface area contributed by atoms with Gasteiger partial charge in [0.2, 0.25) is 0 Å². The Morgan fingerprint density at radius 1 is 0.909 bits per heavy atom. The van der Waals surface area contributed by atoms with Gasteiger partial charge in [0.05, 0.1) is 19.3 Å². The number of ether oxygens (including phenoxy) is 3. The lowest BCUT2D eigenvalue weighted by Gasteiger charge is -2.20. The van der Waals surface area contributed by atoms with Crippen LogP contribution in [0.15, 0.2) is 78.9 Å². The summed E-state index contributed by atoms with van der Waals surface area (Å²) >= 11 is 0. The van der Waals surface area contributed by atoms with Gasteiger partial charge in [0.25, 0.3) is 0 Å². The highest BCUT2D eigenvalue weighted by Gasteiger charge is 2.15. The van der Waals surface area contributed by atoms with Gasteiger partial charge >= 0.3 is 12.0 Å². The van der Waals surface area contributed by atoms with Gasteiger partial charge in [-0.25, -0.2) is 9.59 Å². The van der Waals surface area contributed by atoms with E-state index < -0.39 is 0 Å². The molecule has 0 radical (unpaired) electrons. The number of carbonyl (C=O) groups excluding carboxylic acids is 2. The Balaban J connectivity index is 1.59. The first-order valence-corrected chi connectivity index (χ1v) is 10.8. The summed E-state index contributed by atoms with van der Waals surface area (Å²) in [6.45, 7) is 2.49. The molecule has 1 unspecified atom stereocenters. The van der Waals surface area contributed by atoms with Crippen LogP contribution in [-0.4, -0.2) is 32.3 Å². The molecule has 7 heteroatoms. The zero-order chi connectivity index (χ0) is 23.5. The monoisotopic (exact) mass is 448 g/mol. The zero-order valence-corrected chi connectivity index (χ0v) is 18.7. The van der Waals surface area contributed by atoms with Crippen LogP contribution in [0.25, 0.3) is 0 Å². The summed E-state index contributed by atoms with van der Waals surface area (Å²) < 4.78 is 16.4. The van der Waals surface area contributed by atoms with E-state index in [4.69, 9.17) is 14.2 Å². The van der Waals surface area contributed by atoms with Gasteiger partial charge in [-0.2, -0.15) is 0 Å². The lowest BCUT2D eigenvalue weighted by molar-refractivity contribution is 0.0526. The maximum Gasteiger partial charge on any atom is 0.338 e. The van der Waals surface area contributed by atoms with Crippen LogP contribution in [0.3, 0.4) is 0 Å². The summed E-state index contributed by atoms with van der Waals surface area (Å²) in [6, 6.07) is 23.5. The average Bonchev–Trinajstić information content (AvgIpc) is 2.84. The molecule has 0 bridgehead atoms. The van der Waals surface area contributed by atoms with Crippen LogP contribution in [-0.2, 0) is 4.74 Å². The quantitative estimate of drug-likeness (QED) is 0.416. The molecule has 0 aliphatic rings. The molecule has 2 N–H and O–H groups in total. The second kappa shape index (κ2) is 12.1. The van der Waals surface area contributed by atoms with Crippen molar-refractivity contribution in [2.45, 2.75) is 19.4 Å². The standard InChI is InChI=1S/C26H28N2O5/c1-3-32-25(29)20-12-14-22(15-13-20)33-24(19-8-5-4-6-9-19)16-17-27-26(30)28-21-10-7-11-23(18-21)31-2/h4-15,18,24H,3,16-17H2,1-2H3,(H2,27,28,30). The summed E-state index contributed by atoms with van der Waals surface area (Å²) in [5, 5.41) is 5.65. The summed E-state index contributed by atoms with van der Waals surface area (Å²) in [5.74, 6) is 0.923. The second-order valence-electron chi connectivity index (χ2n) is 7.16. The number of carbonyl (C=O) groups is 2. The third-order valence-corrected chi connectivity index (χ3v) is 4.83. The van der Waals surface area contributed by atoms with Gasteiger partial charge in [-0.1, -0.05) is 36.4 Å². The maximum absolute atomic E-state index is 12.3. The van der Waals surface area contributed by atoms with E-state index in [9.17, 15) is 9.59 Å². The second-order valence-corrected chi connectivity index (χ2v) is 7.16. The number of hydrogen-bond acceptors (Lipinski definition) is 5. The molecule has 0 saturated carbocycles. The Labute approximate surface area is 193 Å². The van der Waals surface area contributed by atoms with Gasteiger partial charge in [-0.15, -0.1) is 0 Å². The Kier molecular flexibility index (Phi) is 8.71. The van der Waals surface area contributed by atoms with Crippen molar-refractivity contribution in [3.8, 4) is 11.5 Å². The first-order chi connectivity index (χ1) is 16.1. The minimum atomic E-state index is -0.366. The van der Waals surface area contributed by atoms with Gasteiger partial charge in [-0.05, 0) is 48.9 Å². The van der Waals surface area contributed by atoms with Crippen molar-refractivity contribution >= 4 is 17.7 Å². The first-order valence-electron chi connectivity index (χ1n) is 10.8. The fraction of sp³-hybridized carbons (Fsp3) is 0.231. The molecule has 172 valence electrons. The van der Waals surface area contributed by atoms with Crippen LogP contribution < -0.4 is 20.1 Å². The Bertz CT molecular complexity index is 1040. The van der Waals surface area contributed by atoms with E-state index in [-0.39, 0.29) is 18.1 Å². The molecule has 0 heterocycles. The molecule has 3 rings (SSSR count). The molecule has 3 aromatic carbocycles. The molecule has 0 spiro atoms. The topological polar surface area (TPSA) is 85.9 Å². The van der Waals surface area contributed by atoms with Crippen molar-refractivity contribution in [3.05, 3.63) is 90.0 Å². The summed E-state index contributed by atoms with van der Waals surface area (Å²) in [4.78, 5) is 24.2. The molecule has 2 amide bonds. The molecule has 0 saturated heterocycles. The molecule has 0 aliphatic carbocycles. The number of nitrogens with one attached hydrogen (secondary N) is 2. The van der Waals surface area contributed by atoms with E-state index in [0.717, 1.165) is 5.56 Å². The summed E-state index contributed by atoms with van der Waals surface area (Å²) in [5.41, 5.74) is 2.10. The number of hydrogen-bond donors (Lipinski definition) is 2. The van der Waals surface area contributed by atoms with Crippen molar-refractivity contribution in [2.24, 2.45) is 0 Å². The maximum atomic E-state index is 12.3. The molecule has 33 heavy (non-hydrogen) atoms. The normalized spacial score (nSPS) is 11.2. The number of anilines is 1. The number of esters is 1. The van der Waals surface area contributed by atoms with Crippen LogP contribution in [0.4, 0.5) is 10.5 Å². The first kappa shape index (κ1) is 23.7. The van der Waals surface area contributed by atoms with Crippen molar-refractivity contribution in [2.75, 3.05) is 25.6 Å². The van der Waals surface area contributed by atoms with Gasteiger partial charge < -0.3 is 24.8 Å². The van der Waals surface area contributed by atoms with Crippen molar-refractivity contribution in [3.63, 3.8) is 0 Å². The lowest BCUT2D eigenvalue weighted by Crippen LogP contribution is -2.30. The van der Waals surface area contributed by atoms with Crippen LogP contribution in [0, 0.1) is 0 Å². The molecular weight excluding hydrogens is 420 g/mol. The number of amides is 2. The highest BCUT2D eigenvalue weighted by atomic mass is 16.5. The molecule has 1 atom stereocenters. The zero-order valence-electron chi connectivity index (χ0n) is 18.7. The van der Waals surface area contributed by atoms with Crippen molar-refractivity contribution < 1.29 is 23.8 Å². The SMILES string of the molecule is CCOC(=O)c1ccc(OC(CCNC(=O)Nc2cccc(OC)c2)c2ccccc2)cc1. The molecule has 0 fully saturated rings. The number of benzene rings is 3. The lowest BCUT2D eigenvalue weighted by atomic mass is 10.1. The van der Waals surface area contributed by atoms with E-state index in [1.54, 1.807) is 56.5 Å². The molecule has 3 aromatic rings. The third kappa shape index (κ3) is 7.28. The Morgan fingerprint density at radius 2 is 1.67 bits per heavy atom. The minimum Gasteiger partial charge on any atom is -0.497 e. The van der Waals surface area contributed by atoms with Crippen LogP contribution >= 0.6 is 0 Å². The molecule has 7 nitrogen and oxygen atoms in total. The van der Waals surface area contributed by atoms with Crippen LogP contribution in [0.5, 0.6) is 11.5 Å². The Hall–Kier alpha value is -4.00. The predicted molar refractivity (Wildman–Crippen MR) is 127 cm³/mol. The molecular formula is C26H28N2O5. The smallest absolute Gasteiger partial charge is 0.338 e. The Morgan fingerprint density at radius 3 is 2.36 bits per heavy atom. The highest BCUT2D eigenvalue weighted by molar-refractivity contribution is 5.90. The van der Waals surface area contributed by atoms with Crippen molar-refractivity contribution in [1.29, 1.82) is 0 Å². The summed E-state index contributed by atoms with van der Waals surface area (Å²) in [7, 11) is 1.58. The van der Waals surface area contributed by atoms with E-state index in [1.165, 1.54) is 0 Å².